The third kappa shape index (κ3) is 8.83. The molecule has 0 aromatic carbocycles. The van der Waals surface area contributed by atoms with E-state index in [-0.39, 0.29) is 0 Å². The monoisotopic (exact) mass is 264 g/mol. The Hall–Kier alpha value is 0.826. The molecule has 60 valence electrons. The average molecular weight is 261 g/mol. The molecule has 0 aliphatic rings. The predicted molar refractivity (Wildman–Crippen MR) is 55.8 cm³/mol. The van der Waals surface area contributed by atoms with Crippen molar-refractivity contribution in [1.82, 2.24) is 0 Å². The van der Waals surface area contributed by atoms with E-state index >= 15 is 0 Å². The van der Waals surface area contributed by atoms with Gasteiger partial charge in [0.05, 0.1) is 0 Å². The SMILES string of the molecule is [CH3][Ge]([CH3])([CH3])/[CH]=[CH]/[Ge]([CH3])([CH3])[CH3]. The van der Waals surface area contributed by atoms with Crippen LogP contribution in [0.15, 0.2) is 9.82 Å². The predicted octanol–water partition coefficient (Wildman–Crippen LogP) is 3.30. The number of hydrogen-bond donors (Lipinski definition) is 0. The van der Waals surface area contributed by atoms with E-state index < -0.39 is 26.5 Å². The molecule has 0 nitrogen and oxygen atoms in total. The van der Waals surface area contributed by atoms with Crippen LogP contribution >= 0.6 is 0 Å². The van der Waals surface area contributed by atoms with Gasteiger partial charge < -0.3 is 0 Å². The fourth-order valence-corrected chi connectivity index (χ4v) is 13.5. The van der Waals surface area contributed by atoms with Gasteiger partial charge in [-0.05, 0) is 0 Å². The Labute approximate surface area is 70.8 Å². The molecule has 0 aliphatic heterocycles. The minimum atomic E-state index is -1.35. The van der Waals surface area contributed by atoms with Crippen LogP contribution < -0.4 is 0 Å². The molecule has 0 amide bonds. The zero-order valence-corrected chi connectivity index (χ0v) is 12.4. The molecule has 0 atom stereocenters. The first-order valence-corrected chi connectivity index (χ1v) is 18.9. The van der Waals surface area contributed by atoms with E-state index in [0.29, 0.717) is 0 Å². The van der Waals surface area contributed by atoms with Crippen molar-refractivity contribution in [2.45, 2.75) is 34.5 Å². The van der Waals surface area contributed by atoms with Crippen molar-refractivity contribution in [3.63, 3.8) is 0 Å². The van der Waals surface area contributed by atoms with E-state index in [1.807, 2.05) is 0 Å². The first-order valence-electron chi connectivity index (χ1n) is 3.91. The van der Waals surface area contributed by atoms with Crippen LogP contribution in [0.1, 0.15) is 0 Å². The molecule has 0 spiro atoms. The summed E-state index contributed by atoms with van der Waals surface area (Å²) in [5, 5.41) is 0. The van der Waals surface area contributed by atoms with Crippen LogP contribution in [-0.2, 0) is 0 Å². The third-order valence-corrected chi connectivity index (χ3v) is 7.45. The summed E-state index contributed by atoms with van der Waals surface area (Å²) in [6.45, 7) is 0. The van der Waals surface area contributed by atoms with Gasteiger partial charge in [0.1, 0.15) is 0 Å². The van der Waals surface area contributed by atoms with E-state index in [0.717, 1.165) is 0 Å². The Morgan fingerprint density at radius 1 is 0.600 bits per heavy atom. The Morgan fingerprint density at radius 2 is 0.800 bits per heavy atom. The van der Waals surface area contributed by atoms with Crippen LogP contribution in [-0.4, -0.2) is 26.5 Å². The summed E-state index contributed by atoms with van der Waals surface area (Å²) in [7, 11) is 0. The second kappa shape index (κ2) is 3.48. The van der Waals surface area contributed by atoms with E-state index in [9.17, 15) is 0 Å². The van der Waals surface area contributed by atoms with Crippen LogP contribution in [0, 0.1) is 0 Å². The summed E-state index contributed by atoms with van der Waals surface area (Å²) in [5.74, 6) is 14.6. The van der Waals surface area contributed by atoms with E-state index in [1.54, 1.807) is 0 Å². The van der Waals surface area contributed by atoms with Crippen LogP contribution in [0.3, 0.4) is 0 Å². The molecule has 0 heterocycles. The first-order chi connectivity index (χ1) is 4.21. The van der Waals surface area contributed by atoms with Gasteiger partial charge >= 0.3 is 70.9 Å². The summed E-state index contributed by atoms with van der Waals surface area (Å²) in [5.41, 5.74) is 0. The molecule has 0 bridgehead atoms. The van der Waals surface area contributed by atoms with Crippen LogP contribution in [0.5, 0.6) is 0 Å². The van der Waals surface area contributed by atoms with Crippen molar-refractivity contribution in [2.24, 2.45) is 0 Å². The summed E-state index contributed by atoms with van der Waals surface area (Å²) < 4.78 is 0. The Kier molecular flexibility index (Phi) is 3.77. The summed E-state index contributed by atoms with van der Waals surface area (Å²) in [6.07, 6.45) is 0. The molecule has 0 radical (unpaired) electrons. The average Bonchev–Trinajstić information content (AvgIpc) is 1.57. The first kappa shape index (κ1) is 10.8. The molecule has 0 fully saturated rings. The van der Waals surface area contributed by atoms with Crippen molar-refractivity contribution >= 4 is 26.5 Å². The summed E-state index contributed by atoms with van der Waals surface area (Å²) in [6, 6.07) is 0. The van der Waals surface area contributed by atoms with Gasteiger partial charge in [-0.3, -0.25) is 0 Å². The normalized spacial score (nSPS) is 14.6. The molecule has 0 saturated carbocycles. The Bertz CT molecular complexity index is 107. The third-order valence-electron chi connectivity index (χ3n) is 1.08. The molecule has 0 saturated heterocycles. The van der Waals surface area contributed by atoms with E-state index in [4.69, 9.17) is 0 Å². The van der Waals surface area contributed by atoms with Gasteiger partial charge in [-0.2, -0.15) is 0 Å². The van der Waals surface area contributed by atoms with Gasteiger partial charge in [0, 0.05) is 0 Å². The maximum absolute atomic E-state index is 2.54. The molecule has 0 N–H and O–H groups in total. The van der Waals surface area contributed by atoms with Crippen molar-refractivity contribution in [3.8, 4) is 0 Å². The van der Waals surface area contributed by atoms with Gasteiger partial charge in [-0.1, -0.05) is 0 Å². The Balaban J connectivity index is 4.01. The summed E-state index contributed by atoms with van der Waals surface area (Å²) >= 11 is -2.69. The molecule has 0 rings (SSSR count). The molecular weight excluding hydrogens is 241 g/mol. The second-order valence-electron chi connectivity index (χ2n) is 5.07. The second-order valence-corrected chi connectivity index (χ2v) is 26.3. The van der Waals surface area contributed by atoms with Gasteiger partial charge in [0.25, 0.3) is 0 Å². The van der Waals surface area contributed by atoms with Crippen molar-refractivity contribution in [3.05, 3.63) is 9.82 Å². The quantitative estimate of drug-likeness (QED) is 0.669. The maximum atomic E-state index is 2.54. The molecular formula is C8H20Ge2. The zero-order valence-electron chi connectivity index (χ0n) is 8.15. The molecule has 0 aromatic heterocycles. The summed E-state index contributed by atoms with van der Waals surface area (Å²) in [4.78, 5) is 5.08. The van der Waals surface area contributed by atoms with Gasteiger partial charge in [0.2, 0.25) is 0 Å². The fraction of sp³-hybridized carbons (Fsp3) is 0.750. The van der Waals surface area contributed by atoms with Crippen LogP contribution in [0.4, 0.5) is 0 Å². The van der Waals surface area contributed by atoms with E-state index in [1.165, 1.54) is 0 Å². The fourth-order valence-electron chi connectivity index (χ4n) is 0.500. The standard InChI is InChI=1S/C8H20Ge2/c1-9(2,3)7-8-10(4,5)6/h7-8H,1-6H3/b8-7+. The van der Waals surface area contributed by atoms with Crippen LogP contribution in [0.25, 0.3) is 0 Å². The minimum absolute atomic E-state index is 1.35. The van der Waals surface area contributed by atoms with Crippen molar-refractivity contribution in [1.29, 1.82) is 0 Å². The van der Waals surface area contributed by atoms with Crippen molar-refractivity contribution in [2.75, 3.05) is 0 Å². The van der Waals surface area contributed by atoms with E-state index in [2.05, 4.69) is 44.4 Å². The molecule has 10 heavy (non-hydrogen) atoms. The van der Waals surface area contributed by atoms with Gasteiger partial charge in [-0.25, -0.2) is 0 Å². The molecule has 0 aromatic rings. The number of hydrogen-bond acceptors (Lipinski definition) is 0. The number of rotatable bonds is 2. The topological polar surface area (TPSA) is 0 Å². The van der Waals surface area contributed by atoms with Gasteiger partial charge in [0.15, 0.2) is 0 Å². The van der Waals surface area contributed by atoms with Crippen LogP contribution in [0.2, 0.25) is 34.5 Å². The zero-order chi connectivity index (χ0) is 8.41. The Morgan fingerprint density at radius 3 is 0.900 bits per heavy atom. The molecule has 2 heteroatoms. The molecule has 0 unspecified atom stereocenters. The van der Waals surface area contributed by atoms with Crippen molar-refractivity contribution < 1.29 is 0 Å². The van der Waals surface area contributed by atoms with Gasteiger partial charge in [-0.15, -0.1) is 0 Å². The molecule has 0 aliphatic carbocycles.